The smallest absolute Gasteiger partial charge is 0.190 e. The highest BCUT2D eigenvalue weighted by Crippen LogP contribution is 2.03. The average Bonchev–Trinajstić information content (AvgIpc) is 2.67. The Morgan fingerprint density at radius 2 is 2.08 bits per heavy atom. The van der Waals surface area contributed by atoms with Crippen molar-refractivity contribution in [3.8, 4) is 0 Å². The van der Waals surface area contributed by atoms with Gasteiger partial charge in [-0.25, -0.2) is 4.98 Å². The van der Waals surface area contributed by atoms with Crippen molar-refractivity contribution in [1.82, 2.24) is 4.98 Å². The van der Waals surface area contributed by atoms with Crippen molar-refractivity contribution >= 4 is 12.4 Å². The number of aliphatic imine (C=N–C) groups is 1. The fourth-order valence-corrected chi connectivity index (χ4v) is 1.83. The first kappa shape index (κ1) is 23.4. The first-order valence-electron chi connectivity index (χ1n) is 8.82. The fourth-order valence-electron chi connectivity index (χ4n) is 1.83. The Bertz CT molecular complexity index is 583. The molecule has 0 radical (unpaired) electrons. The summed E-state index contributed by atoms with van der Waals surface area (Å²) >= 11 is 0. The summed E-state index contributed by atoms with van der Waals surface area (Å²) in [5, 5.41) is 5.26. The zero-order valence-corrected chi connectivity index (χ0v) is 16.0. The normalized spacial score (nSPS) is 10.8. The molecule has 0 atom stereocenters. The van der Waals surface area contributed by atoms with Gasteiger partial charge >= 0.3 is 0 Å². The molecule has 1 aromatic heterocycles. The molecule has 0 aliphatic rings. The van der Waals surface area contributed by atoms with Crippen LogP contribution in [0.4, 0.5) is 0 Å². The molecule has 1 heterocycles. The average molecular weight is 361 g/mol. The molecule has 6 nitrogen and oxygen atoms in total. The first-order chi connectivity index (χ1) is 12.8. The SMILES string of the molecule is C=CC/C(=C/OCCOCC[n+]1ccnc(CC=C)c1)N=CC=[NH2+].CC. The van der Waals surface area contributed by atoms with Crippen LogP contribution >= 0.6 is 0 Å². The molecule has 1 rings (SSSR count). The van der Waals surface area contributed by atoms with E-state index in [0.29, 0.717) is 26.2 Å². The van der Waals surface area contributed by atoms with Crippen molar-refractivity contribution < 1.29 is 19.5 Å². The van der Waals surface area contributed by atoms with Crippen LogP contribution in [0.2, 0.25) is 0 Å². The highest BCUT2D eigenvalue weighted by molar-refractivity contribution is 6.13. The molecule has 0 aromatic carbocycles. The lowest BCUT2D eigenvalue weighted by Crippen LogP contribution is -2.36. The van der Waals surface area contributed by atoms with Crippen molar-refractivity contribution in [2.75, 3.05) is 19.8 Å². The Morgan fingerprint density at radius 3 is 2.77 bits per heavy atom. The van der Waals surface area contributed by atoms with Crippen molar-refractivity contribution in [3.63, 3.8) is 0 Å². The molecular weight excluding hydrogens is 328 g/mol. The Labute approximate surface area is 157 Å². The van der Waals surface area contributed by atoms with Gasteiger partial charge in [-0.1, -0.05) is 26.0 Å². The Kier molecular flexibility index (Phi) is 15.5. The van der Waals surface area contributed by atoms with E-state index in [9.17, 15) is 0 Å². The molecule has 0 fully saturated rings. The zero-order valence-electron chi connectivity index (χ0n) is 16.0. The van der Waals surface area contributed by atoms with E-state index in [1.54, 1.807) is 18.5 Å². The second kappa shape index (κ2) is 17.2. The summed E-state index contributed by atoms with van der Waals surface area (Å²) in [6.07, 6.45) is 15.2. The molecule has 0 aliphatic carbocycles. The summed E-state index contributed by atoms with van der Waals surface area (Å²) in [6.45, 7) is 13.7. The van der Waals surface area contributed by atoms with Crippen LogP contribution < -0.4 is 9.98 Å². The van der Waals surface area contributed by atoms with Crippen LogP contribution in [-0.4, -0.2) is 37.2 Å². The third-order valence-electron chi connectivity index (χ3n) is 2.91. The number of ether oxygens (including phenoxy) is 2. The molecule has 0 saturated carbocycles. The Balaban J connectivity index is 0.00000301. The largest absolute Gasteiger partial charge is 0.497 e. The second-order valence-corrected chi connectivity index (χ2v) is 4.83. The van der Waals surface area contributed by atoms with Crippen LogP contribution in [0.15, 0.2) is 60.9 Å². The van der Waals surface area contributed by atoms with E-state index in [4.69, 9.17) is 14.9 Å². The molecule has 1 aromatic rings. The topological polar surface area (TPSA) is 73.2 Å². The van der Waals surface area contributed by atoms with Crippen molar-refractivity contribution in [3.05, 3.63) is 61.6 Å². The molecule has 0 saturated heterocycles. The zero-order chi connectivity index (χ0) is 19.5. The first-order valence-corrected chi connectivity index (χ1v) is 8.82. The highest BCUT2D eigenvalue weighted by atomic mass is 16.5. The second-order valence-electron chi connectivity index (χ2n) is 4.83. The van der Waals surface area contributed by atoms with Crippen molar-refractivity contribution in [1.29, 1.82) is 0 Å². The number of hydrogen-bond acceptors (Lipinski definition) is 4. The van der Waals surface area contributed by atoms with E-state index >= 15 is 0 Å². The maximum absolute atomic E-state index is 5.56. The van der Waals surface area contributed by atoms with Gasteiger partial charge in [0.25, 0.3) is 0 Å². The number of nitrogens with two attached hydrogens (primary N) is 1. The summed E-state index contributed by atoms with van der Waals surface area (Å²) < 4.78 is 13.0. The van der Waals surface area contributed by atoms with Crippen LogP contribution in [0, 0.1) is 0 Å². The van der Waals surface area contributed by atoms with Gasteiger partial charge < -0.3 is 9.47 Å². The van der Waals surface area contributed by atoms with Gasteiger partial charge in [-0.05, 0) is 0 Å². The summed E-state index contributed by atoms with van der Waals surface area (Å²) in [5.41, 5.74) is 1.75. The summed E-state index contributed by atoms with van der Waals surface area (Å²) in [5.74, 6) is 0. The predicted octanol–water partition coefficient (Wildman–Crippen LogP) is 1.48. The number of rotatable bonds is 13. The van der Waals surface area contributed by atoms with E-state index in [1.165, 1.54) is 12.4 Å². The molecule has 6 heteroatoms. The minimum absolute atomic E-state index is 0.464. The third-order valence-corrected chi connectivity index (χ3v) is 2.91. The van der Waals surface area contributed by atoms with E-state index in [-0.39, 0.29) is 0 Å². The lowest BCUT2D eigenvalue weighted by atomic mass is 10.3. The van der Waals surface area contributed by atoms with Crippen LogP contribution in [0.3, 0.4) is 0 Å². The minimum Gasteiger partial charge on any atom is -0.497 e. The molecule has 0 spiro atoms. The standard InChI is InChI=1S/C18H25N4O2.C2H6/c1-3-5-17-15-22(10-9-21-17)11-12-23-13-14-24-16-18(6-4-2)20-8-7-19;1-2/h3-4,7-10,15-16,19H,1-2,5-6,11-14H2;1-2H3/q+1;/p+1/b18-16-,19-7?,20-8?;. The molecule has 0 bridgehead atoms. The van der Waals surface area contributed by atoms with Gasteiger partial charge in [-0.15, -0.1) is 13.2 Å². The molecule has 0 unspecified atom stereocenters. The van der Waals surface area contributed by atoms with Gasteiger partial charge in [0.1, 0.15) is 25.2 Å². The highest BCUT2D eigenvalue weighted by Gasteiger charge is 2.02. The fraction of sp³-hybridized carbons (Fsp3) is 0.400. The molecule has 0 aliphatic heterocycles. The number of nitrogens with zero attached hydrogens (tertiary/aromatic N) is 3. The van der Waals surface area contributed by atoms with Crippen LogP contribution in [0.1, 0.15) is 26.0 Å². The van der Waals surface area contributed by atoms with Crippen molar-refractivity contribution in [2.24, 2.45) is 4.99 Å². The monoisotopic (exact) mass is 360 g/mol. The summed E-state index contributed by atoms with van der Waals surface area (Å²) in [4.78, 5) is 8.39. The van der Waals surface area contributed by atoms with Gasteiger partial charge in [0.05, 0.1) is 24.7 Å². The van der Waals surface area contributed by atoms with E-state index < -0.39 is 0 Å². The Hall–Kier alpha value is -2.60. The number of allylic oxidation sites excluding steroid dienone is 2. The molecular formula is C20H32N4O2+2. The van der Waals surface area contributed by atoms with Crippen LogP contribution in [0.25, 0.3) is 0 Å². The van der Waals surface area contributed by atoms with Gasteiger partial charge in [-0.3, -0.25) is 10.4 Å². The summed E-state index contributed by atoms with van der Waals surface area (Å²) in [7, 11) is 0. The van der Waals surface area contributed by atoms with Gasteiger partial charge in [0.15, 0.2) is 25.2 Å². The number of aromatic nitrogens is 2. The maximum atomic E-state index is 5.56. The third kappa shape index (κ3) is 11.9. The van der Waals surface area contributed by atoms with E-state index in [0.717, 1.165) is 24.4 Å². The van der Waals surface area contributed by atoms with Crippen LogP contribution in [-0.2, 0) is 22.4 Å². The van der Waals surface area contributed by atoms with E-state index in [1.807, 2.05) is 36.9 Å². The minimum atomic E-state index is 0.464. The summed E-state index contributed by atoms with van der Waals surface area (Å²) in [6, 6.07) is 0. The molecule has 142 valence electrons. The maximum Gasteiger partial charge on any atom is 0.190 e. The van der Waals surface area contributed by atoms with Crippen molar-refractivity contribution in [2.45, 2.75) is 33.2 Å². The van der Waals surface area contributed by atoms with E-state index in [2.05, 4.69) is 23.1 Å². The van der Waals surface area contributed by atoms with Gasteiger partial charge in [0.2, 0.25) is 0 Å². The lowest BCUT2D eigenvalue weighted by Gasteiger charge is -2.04. The molecule has 2 N–H and O–H groups in total. The lowest BCUT2D eigenvalue weighted by molar-refractivity contribution is -0.699. The molecule has 26 heavy (non-hydrogen) atoms. The van der Waals surface area contributed by atoms with Gasteiger partial charge in [-0.2, -0.15) is 4.57 Å². The molecule has 0 amide bonds. The van der Waals surface area contributed by atoms with Crippen LogP contribution in [0.5, 0.6) is 0 Å². The predicted molar refractivity (Wildman–Crippen MR) is 106 cm³/mol. The number of hydrogen-bond donors (Lipinski definition) is 1. The quantitative estimate of drug-likeness (QED) is 0.190. The Morgan fingerprint density at radius 1 is 1.27 bits per heavy atom. The van der Waals surface area contributed by atoms with Gasteiger partial charge in [0, 0.05) is 12.8 Å².